The number of ether oxygens (including phenoxy) is 2. The minimum atomic E-state index is -1.05. The van der Waals surface area contributed by atoms with Crippen LogP contribution in [0.25, 0.3) is 10.8 Å². The fourth-order valence-corrected chi connectivity index (χ4v) is 3.43. The smallest absolute Gasteiger partial charge is 0.424 e. The molecule has 0 aliphatic rings. The Balaban J connectivity index is 2.68. The van der Waals surface area contributed by atoms with Crippen molar-refractivity contribution < 1.29 is 23.5 Å². The zero-order chi connectivity index (χ0) is 21.4. The van der Waals surface area contributed by atoms with Crippen LogP contribution in [-0.4, -0.2) is 23.4 Å². The molecule has 2 rings (SSSR count). The van der Waals surface area contributed by atoms with E-state index in [1.165, 1.54) is 12.1 Å². The molecule has 0 atom stereocenters. The molecule has 0 saturated carbocycles. The molecule has 8 heteroatoms. The van der Waals surface area contributed by atoms with E-state index in [1.54, 1.807) is 53.7 Å². The van der Waals surface area contributed by atoms with E-state index in [0.717, 1.165) is 0 Å². The molecular formula is C20H22BrClFNO4. The number of benzene rings is 2. The summed E-state index contributed by atoms with van der Waals surface area (Å²) >= 11 is 9.51. The maximum Gasteiger partial charge on any atom is 0.424 e. The predicted octanol–water partition coefficient (Wildman–Crippen LogP) is 7.07. The number of rotatable bonds is 1. The van der Waals surface area contributed by atoms with E-state index in [-0.39, 0.29) is 11.1 Å². The molecule has 0 radical (unpaired) electrons. The first-order valence-corrected chi connectivity index (χ1v) is 9.70. The number of carbonyl (C=O) groups excluding carboxylic acids is 2. The minimum Gasteiger partial charge on any atom is -0.443 e. The molecule has 0 unspecified atom stereocenters. The van der Waals surface area contributed by atoms with Crippen LogP contribution in [0.1, 0.15) is 41.5 Å². The zero-order valence-corrected chi connectivity index (χ0v) is 18.9. The highest BCUT2D eigenvalue weighted by atomic mass is 79.9. The summed E-state index contributed by atoms with van der Waals surface area (Å²) in [6, 6.07) is 6.01. The fraction of sp³-hybridized carbons (Fsp3) is 0.400. The number of hydrogen-bond acceptors (Lipinski definition) is 4. The maximum absolute atomic E-state index is 15.3. The Kier molecular flexibility index (Phi) is 6.31. The van der Waals surface area contributed by atoms with Gasteiger partial charge in [0.15, 0.2) is 5.82 Å². The van der Waals surface area contributed by atoms with Gasteiger partial charge in [0.25, 0.3) is 0 Å². The van der Waals surface area contributed by atoms with Crippen LogP contribution >= 0.6 is 27.5 Å². The van der Waals surface area contributed by atoms with Gasteiger partial charge < -0.3 is 9.47 Å². The number of halogens is 3. The van der Waals surface area contributed by atoms with Crippen molar-refractivity contribution in [1.29, 1.82) is 0 Å². The summed E-state index contributed by atoms with van der Waals surface area (Å²) in [5.41, 5.74) is -2.10. The highest BCUT2D eigenvalue weighted by molar-refractivity contribution is 9.10. The summed E-state index contributed by atoms with van der Waals surface area (Å²) in [6.45, 7) is 9.86. The Morgan fingerprint density at radius 3 is 2.00 bits per heavy atom. The third kappa shape index (κ3) is 5.14. The van der Waals surface area contributed by atoms with Gasteiger partial charge in [0.05, 0.1) is 5.69 Å². The lowest BCUT2D eigenvalue weighted by Crippen LogP contribution is -2.44. The van der Waals surface area contributed by atoms with Crippen molar-refractivity contribution in [1.82, 2.24) is 0 Å². The lowest BCUT2D eigenvalue weighted by molar-refractivity contribution is 0.0429. The summed E-state index contributed by atoms with van der Waals surface area (Å²) < 4.78 is 26.3. The van der Waals surface area contributed by atoms with Gasteiger partial charge in [-0.25, -0.2) is 14.0 Å². The fourth-order valence-electron chi connectivity index (χ4n) is 2.39. The molecule has 0 spiro atoms. The largest absolute Gasteiger partial charge is 0.443 e. The van der Waals surface area contributed by atoms with E-state index in [1.807, 2.05) is 0 Å². The Labute approximate surface area is 176 Å². The van der Waals surface area contributed by atoms with Gasteiger partial charge >= 0.3 is 12.2 Å². The molecule has 2 aromatic rings. The van der Waals surface area contributed by atoms with Gasteiger partial charge in [0, 0.05) is 20.3 Å². The number of carbonyl (C=O) groups is 2. The summed E-state index contributed by atoms with van der Waals surface area (Å²) in [6.07, 6.45) is -2.09. The molecule has 0 aromatic heterocycles. The van der Waals surface area contributed by atoms with Crippen molar-refractivity contribution in [3.05, 3.63) is 39.6 Å². The maximum atomic E-state index is 15.3. The van der Waals surface area contributed by atoms with E-state index < -0.39 is 29.2 Å². The normalized spacial score (nSPS) is 12.0. The van der Waals surface area contributed by atoms with Crippen molar-refractivity contribution in [2.24, 2.45) is 0 Å². The summed E-state index contributed by atoms with van der Waals surface area (Å²) in [5, 5.41) is 0.906. The van der Waals surface area contributed by atoms with Crippen LogP contribution in [0.5, 0.6) is 0 Å². The van der Waals surface area contributed by atoms with E-state index in [2.05, 4.69) is 15.9 Å². The lowest BCUT2D eigenvalue weighted by Gasteiger charge is -2.29. The van der Waals surface area contributed by atoms with Crippen molar-refractivity contribution in [2.75, 3.05) is 4.90 Å². The van der Waals surface area contributed by atoms with Crippen molar-refractivity contribution in [3.63, 3.8) is 0 Å². The van der Waals surface area contributed by atoms with Crippen molar-refractivity contribution >= 4 is 56.2 Å². The van der Waals surface area contributed by atoms with Crippen LogP contribution in [-0.2, 0) is 9.47 Å². The van der Waals surface area contributed by atoms with Gasteiger partial charge in [0.1, 0.15) is 11.2 Å². The van der Waals surface area contributed by atoms with Crippen LogP contribution in [0.3, 0.4) is 0 Å². The van der Waals surface area contributed by atoms with Gasteiger partial charge in [-0.05, 0) is 53.7 Å². The summed E-state index contributed by atoms with van der Waals surface area (Å²) in [7, 11) is 0. The summed E-state index contributed by atoms with van der Waals surface area (Å²) in [4.78, 5) is 26.0. The number of imide groups is 1. The van der Waals surface area contributed by atoms with Crippen LogP contribution in [0, 0.1) is 5.82 Å². The number of anilines is 1. The molecule has 152 valence electrons. The molecule has 0 aliphatic carbocycles. The van der Waals surface area contributed by atoms with Crippen LogP contribution < -0.4 is 4.90 Å². The molecule has 0 heterocycles. The Bertz CT molecular complexity index is 906. The van der Waals surface area contributed by atoms with E-state index in [0.29, 0.717) is 19.8 Å². The number of fused-ring (bicyclic) bond motifs is 1. The van der Waals surface area contributed by atoms with Crippen molar-refractivity contribution in [2.45, 2.75) is 52.7 Å². The van der Waals surface area contributed by atoms with Gasteiger partial charge in [-0.3, -0.25) is 0 Å². The number of hydrogen-bond donors (Lipinski definition) is 0. The zero-order valence-electron chi connectivity index (χ0n) is 16.5. The van der Waals surface area contributed by atoms with Crippen molar-refractivity contribution in [3.8, 4) is 0 Å². The van der Waals surface area contributed by atoms with Gasteiger partial charge in [-0.15, -0.1) is 0 Å². The molecule has 0 saturated heterocycles. The molecule has 0 aliphatic heterocycles. The monoisotopic (exact) mass is 473 g/mol. The quantitative estimate of drug-likeness (QED) is 0.443. The molecule has 2 amide bonds. The molecule has 0 fully saturated rings. The third-order valence-corrected chi connectivity index (χ3v) is 4.31. The third-order valence-electron chi connectivity index (χ3n) is 3.37. The Morgan fingerprint density at radius 1 is 1.04 bits per heavy atom. The molecule has 0 bridgehead atoms. The standard InChI is InChI=1S/C20H22BrClFNO4/c1-19(2,3)27-17(25)24(18(26)28-20(4,5)6)14-10-12(21)15-11(16(14)23)8-7-9-13(15)22/h7-10H,1-6H3. The number of nitrogens with zero attached hydrogens (tertiary/aromatic N) is 1. The first-order chi connectivity index (χ1) is 12.7. The van der Waals surface area contributed by atoms with Crippen LogP contribution in [0.2, 0.25) is 5.02 Å². The highest BCUT2D eigenvalue weighted by Gasteiger charge is 2.35. The van der Waals surface area contributed by atoms with Crippen LogP contribution in [0.4, 0.5) is 19.7 Å². The highest BCUT2D eigenvalue weighted by Crippen LogP contribution is 2.38. The first kappa shape index (κ1) is 22.4. The summed E-state index contributed by atoms with van der Waals surface area (Å²) in [5.74, 6) is -0.794. The van der Waals surface area contributed by atoms with E-state index in [4.69, 9.17) is 21.1 Å². The number of amides is 2. The second-order valence-electron chi connectivity index (χ2n) is 8.15. The molecule has 28 heavy (non-hydrogen) atoms. The molecular weight excluding hydrogens is 453 g/mol. The molecule has 2 aromatic carbocycles. The predicted molar refractivity (Wildman–Crippen MR) is 112 cm³/mol. The molecule has 0 N–H and O–H groups in total. The van der Waals surface area contributed by atoms with Crippen LogP contribution in [0.15, 0.2) is 28.7 Å². The SMILES string of the molecule is CC(C)(C)OC(=O)N(C(=O)OC(C)(C)C)c1cc(Br)c2c(Cl)cccc2c1F. The topological polar surface area (TPSA) is 55.8 Å². The van der Waals surface area contributed by atoms with E-state index in [9.17, 15) is 9.59 Å². The second-order valence-corrected chi connectivity index (χ2v) is 9.41. The van der Waals surface area contributed by atoms with Gasteiger partial charge in [-0.2, -0.15) is 4.90 Å². The molecule has 5 nitrogen and oxygen atoms in total. The Hall–Kier alpha value is -1.86. The second kappa shape index (κ2) is 7.87. The average molecular weight is 475 g/mol. The minimum absolute atomic E-state index is 0.147. The van der Waals surface area contributed by atoms with E-state index >= 15 is 4.39 Å². The van der Waals surface area contributed by atoms with Gasteiger partial charge in [0.2, 0.25) is 0 Å². The first-order valence-electron chi connectivity index (χ1n) is 8.53. The Morgan fingerprint density at radius 2 is 1.54 bits per heavy atom. The average Bonchev–Trinajstić information content (AvgIpc) is 2.48. The lowest BCUT2D eigenvalue weighted by atomic mass is 10.1. The van der Waals surface area contributed by atoms with Gasteiger partial charge in [-0.1, -0.05) is 39.7 Å².